The summed E-state index contributed by atoms with van der Waals surface area (Å²) in [5.74, 6) is 0. The molecule has 1 radical (unpaired) electrons. The molecule has 0 amide bonds. The predicted octanol–water partition coefficient (Wildman–Crippen LogP) is -0.292. The van der Waals surface area contributed by atoms with Crippen molar-refractivity contribution in [1.82, 2.24) is 0 Å². The first-order chi connectivity index (χ1) is 2.41. The fourth-order valence-corrected chi connectivity index (χ4v) is 0. The molecular weight excluding hydrogens is 407 g/mol. The van der Waals surface area contributed by atoms with Crippen LogP contribution in [0.4, 0.5) is 0 Å². The minimum atomic E-state index is 0. The van der Waals surface area contributed by atoms with Gasteiger partial charge in [0.25, 0.3) is 0 Å². The molecule has 0 unspecified atom stereocenters. The van der Waals surface area contributed by atoms with Crippen molar-refractivity contribution in [2.45, 2.75) is 0 Å². The van der Waals surface area contributed by atoms with Crippen LogP contribution in [0.25, 0.3) is 0 Å². The van der Waals surface area contributed by atoms with Crippen LogP contribution >= 0.6 is 0 Å². The van der Waals surface area contributed by atoms with E-state index in [0.717, 1.165) is 0 Å². The van der Waals surface area contributed by atoms with Gasteiger partial charge in [-0.25, -0.2) is 0 Å². The summed E-state index contributed by atoms with van der Waals surface area (Å²) in [5, 5.41) is 0. The molecule has 0 heterocycles. The zero-order valence-corrected chi connectivity index (χ0v) is 11.5. The third-order valence-electron chi connectivity index (χ3n) is 0. The molecule has 0 spiro atoms. The van der Waals surface area contributed by atoms with E-state index in [0.29, 0.717) is 21.0 Å². The molecule has 0 saturated carbocycles. The van der Waals surface area contributed by atoms with Crippen molar-refractivity contribution >= 4 is 22.3 Å². The molecule has 0 fully saturated rings. The van der Waals surface area contributed by atoms with E-state index in [1.807, 2.05) is 0 Å². The van der Waals surface area contributed by atoms with E-state index in [-0.39, 0.29) is 39.6 Å². The Kier molecular flexibility index (Phi) is 131. The minimum Gasteiger partial charge on any atom is 0 e. The molecule has 1 nitrogen and oxygen atoms in total. The van der Waals surface area contributed by atoms with Crippen molar-refractivity contribution in [3.63, 3.8) is 0 Å². The number of hydrogen-bond donors (Lipinski definition) is 0. The largest absolute Gasteiger partial charge is 0 e. The summed E-state index contributed by atoms with van der Waals surface area (Å²) in [6, 6.07) is 0. The van der Waals surface area contributed by atoms with E-state index >= 15 is 0 Å². The van der Waals surface area contributed by atoms with Gasteiger partial charge < -0.3 is 0 Å². The van der Waals surface area contributed by atoms with Crippen molar-refractivity contribution < 1.29 is 63.9 Å². The molecule has 5 heteroatoms. The molecule has 0 saturated heterocycles. The van der Waals surface area contributed by atoms with Gasteiger partial charge >= 0.3 is 57.3 Å². The van der Waals surface area contributed by atoms with Crippen LogP contribution in [0.2, 0.25) is 0 Å². The van der Waals surface area contributed by atoms with Crippen LogP contribution in [0.15, 0.2) is 6.58 Å². The Morgan fingerprint density at radius 1 is 1.57 bits per heavy atom. The second-order valence-corrected chi connectivity index (χ2v) is 1.06. The summed E-state index contributed by atoms with van der Waals surface area (Å²) in [5.41, 5.74) is 0. The van der Waals surface area contributed by atoms with E-state index in [1.165, 1.54) is 22.3 Å². The van der Waals surface area contributed by atoms with Crippen molar-refractivity contribution in [3.8, 4) is 0 Å². The molecule has 0 aromatic heterocycles. The second-order valence-electron chi connectivity index (χ2n) is 0.158. The van der Waals surface area contributed by atoms with Gasteiger partial charge in [-0.05, 0) is 0 Å². The smallest absolute Gasteiger partial charge is 0 e. The molecule has 0 aliphatic carbocycles. The van der Waals surface area contributed by atoms with Crippen LogP contribution < -0.4 is 0 Å². The second kappa shape index (κ2) is 40.3. The zero-order chi connectivity index (χ0) is 4.71. The normalized spacial score (nSPS) is 2.29. The van der Waals surface area contributed by atoms with E-state index in [9.17, 15) is 0 Å². The maximum absolute atomic E-state index is 8.30. The summed E-state index contributed by atoms with van der Waals surface area (Å²) in [7, 11) is 0. The van der Waals surface area contributed by atoms with Crippen LogP contribution in [0.1, 0.15) is 0 Å². The average Bonchev–Trinajstić information content (AvgIpc) is 1.46. The molecular formula is C2H3MoNbOTeV-. The standard InChI is InChI=1S/C2H3Te.Mo.Nb.O.V/c1-2-3;;;;/h3H,1H2;;;;/q-1;;;;. The third kappa shape index (κ3) is 61.2. The molecule has 7 heavy (non-hydrogen) atoms. The molecule has 40 valence electrons. The molecule has 0 atom stereocenters. The summed E-state index contributed by atoms with van der Waals surface area (Å²) < 4.78 is 10.9. The Labute approximate surface area is 95.4 Å². The fourth-order valence-electron chi connectivity index (χ4n) is 0. The molecule has 0 N–H and O–H groups in total. The summed E-state index contributed by atoms with van der Waals surface area (Å²) in [6.45, 7) is 3.26. The average molecular weight is 410 g/mol. The predicted molar refractivity (Wildman–Crippen MR) is 16.7 cm³/mol. The van der Waals surface area contributed by atoms with E-state index in [1.54, 1.807) is 0 Å². The molecule has 0 bridgehead atoms. The van der Waals surface area contributed by atoms with Crippen LogP contribution in [0, 0.1) is 4.12 Å². The van der Waals surface area contributed by atoms with Gasteiger partial charge in [-0.2, -0.15) is 0 Å². The van der Waals surface area contributed by atoms with E-state index in [4.69, 9.17) is 3.25 Å². The molecule has 0 rings (SSSR count). The van der Waals surface area contributed by atoms with Gasteiger partial charge in [0.2, 0.25) is 0 Å². The SMILES string of the molecule is C=[C-][TeH].[Mo].[O]=[Nb].[V]. The topological polar surface area (TPSA) is 17.1 Å². The minimum absolute atomic E-state index is 0. The maximum Gasteiger partial charge on any atom is 0 e. The first-order valence-corrected chi connectivity index (χ1v) is 2.93. The van der Waals surface area contributed by atoms with E-state index in [2.05, 4.69) is 10.7 Å². The molecule has 0 aromatic carbocycles. The van der Waals surface area contributed by atoms with E-state index < -0.39 is 0 Å². The fraction of sp³-hybridized carbons (Fsp3) is 0. The van der Waals surface area contributed by atoms with Gasteiger partial charge in [0.05, 0.1) is 0 Å². The van der Waals surface area contributed by atoms with Crippen LogP contribution in [0.3, 0.4) is 0 Å². The van der Waals surface area contributed by atoms with Crippen molar-refractivity contribution in [2.75, 3.05) is 0 Å². The van der Waals surface area contributed by atoms with Gasteiger partial charge in [0, 0.05) is 39.6 Å². The van der Waals surface area contributed by atoms with Crippen molar-refractivity contribution in [3.05, 3.63) is 10.7 Å². The number of rotatable bonds is 0. The van der Waals surface area contributed by atoms with Crippen LogP contribution in [-0.2, 0) is 63.9 Å². The Balaban J connectivity index is -0.0000000105. The quantitative estimate of drug-likeness (QED) is 0.396. The Hall–Kier alpha value is 2.34. The van der Waals surface area contributed by atoms with Gasteiger partial charge in [0.15, 0.2) is 0 Å². The Morgan fingerprint density at radius 2 is 1.57 bits per heavy atom. The Morgan fingerprint density at radius 3 is 1.57 bits per heavy atom. The monoisotopic (exact) mass is 415 g/mol. The molecule has 0 aromatic rings. The van der Waals surface area contributed by atoms with Crippen molar-refractivity contribution in [2.24, 2.45) is 0 Å². The summed E-state index contributed by atoms with van der Waals surface area (Å²) >= 11 is 1.99. The third-order valence-corrected chi connectivity index (χ3v) is 0. The first-order valence-electron chi connectivity index (χ1n) is 0.760. The zero-order valence-electron chi connectivity index (χ0n) is 3.37. The van der Waals surface area contributed by atoms with Crippen molar-refractivity contribution in [1.29, 1.82) is 0 Å². The maximum atomic E-state index is 8.30. The Bertz CT molecular complexity index is 31.7. The van der Waals surface area contributed by atoms with Gasteiger partial charge in [0.1, 0.15) is 0 Å². The molecule has 0 aliphatic rings. The van der Waals surface area contributed by atoms with Gasteiger partial charge in [-0.3, -0.25) is 0 Å². The van der Waals surface area contributed by atoms with Gasteiger partial charge in [-0.1, -0.05) is 0 Å². The van der Waals surface area contributed by atoms with Crippen LogP contribution in [0.5, 0.6) is 0 Å². The summed E-state index contributed by atoms with van der Waals surface area (Å²) in [6.07, 6.45) is 0. The first kappa shape index (κ1) is 22.8. The summed E-state index contributed by atoms with van der Waals surface area (Å²) in [4.78, 5) is 0. The molecule has 0 aliphatic heterocycles. The van der Waals surface area contributed by atoms with Crippen LogP contribution in [-0.4, -0.2) is 22.3 Å². The van der Waals surface area contributed by atoms with Gasteiger partial charge in [-0.15, -0.1) is 0 Å². The number of hydrogen-bond acceptors (Lipinski definition) is 1.